The number of carbonyl (C=O) groups excluding carboxylic acids is 1. The van der Waals surface area contributed by atoms with Crippen molar-refractivity contribution in [2.24, 2.45) is 0 Å². The number of ether oxygens (including phenoxy) is 1. The zero-order valence-electron chi connectivity index (χ0n) is 15.0. The summed E-state index contributed by atoms with van der Waals surface area (Å²) in [5.41, 5.74) is 1.75. The molecule has 4 aromatic rings. The van der Waals surface area contributed by atoms with Gasteiger partial charge in [0.05, 0.1) is 15.4 Å². The van der Waals surface area contributed by atoms with Crippen LogP contribution in [0.4, 0.5) is 0 Å². The van der Waals surface area contributed by atoms with Gasteiger partial charge in [0.15, 0.2) is 11.5 Å². The van der Waals surface area contributed by atoms with E-state index in [9.17, 15) is 4.79 Å². The van der Waals surface area contributed by atoms with Gasteiger partial charge in [-0.15, -0.1) is 11.3 Å². The number of halogens is 3. The third kappa shape index (κ3) is 4.57. The molecule has 0 saturated heterocycles. The smallest absolute Gasteiger partial charge is 0.181 e. The molecule has 3 nitrogen and oxygen atoms in total. The molecule has 0 aliphatic carbocycles. The summed E-state index contributed by atoms with van der Waals surface area (Å²) in [4.78, 5) is 18.7. The fourth-order valence-corrected chi connectivity index (χ4v) is 4.36. The normalized spacial score (nSPS) is 11.0. The molecule has 0 fully saturated rings. The van der Waals surface area contributed by atoms with Crippen LogP contribution in [0.5, 0.6) is 5.75 Å². The van der Waals surface area contributed by atoms with E-state index in [1.807, 2.05) is 30.3 Å². The monoisotopic (exact) mass is 461 g/mol. The molecule has 0 bridgehead atoms. The van der Waals surface area contributed by atoms with Crippen LogP contribution < -0.4 is 4.74 Å². The van der Waals surface area contributed by atoms with Crippen LogP contribution >= 0.6 is 46.1 Å². The SMILES string of the molecule is O=C(Cc1ccc(Cl)cc1)c1sc2ncccc2c1OCc1ccc(Cl)c(Cl)c1. The van der Waals surface area contributed by atoms with Crippen LogP contribution in [0.3, 0.4) is 0 Å². The van der Waals surface area contributed by atoms with Gasteiger partial charge < -0.3 is 4.74 Å². The number of aromatic nitrogens is 1. The first-order valence-corrected chi connectivity index (χ1v) is 10.7. The van der Waals surface area contributed by atoms with Gasteiger partial charge in [-0.2, -0.15) is 0 Å². The Bertz CT molecular complexity index is 1190. The molecular formula is C22H14Cl3NO2S. The van der Waals surface area contributed by atoms with Crippen molar-refractivity contribution in [3.05, 3.63) is 91.9 Å². The highest BCUT2D eigenvalue weighted by molar-refractivity contribution is 7.21. The molecule has 29 heavy (non-hydrogen) atoms. The molecule has 2 aromatic heterocycles. The van der Waals surface area contributed by atoms with Gasteiger partial charge in [-0.05, 0) is 47.5 Å². The number of thiophene rings is 1. The Kier molecular flexibility index (Phi) is 6.07. The second-order valence-corrected chi connectivity index (χ2v) is 8.63. The molecule has 0 spiro atoms. The summed E-state index contributed by atoms with van der Waals surface area (Å²) in [6.45, 7) is 0.263. The number of rotatable bonds is 6. The zero-order valence-corrected chi connectivity index (χ0v) is 18.1. The Morgan fingerprint density at radius 1 is 0.966 bits per heavy atom. The first kappa shape index (κ1) is 20.2. The van der Waals surface area contributed by atoms with E-state index >= 15 is 0 Å². The molecule has 2 heterocycles. The maximum absolute atomic E-state index is 13.0. The number of hydrogen-bond donors (Lipinski definition) is 0. The lowest BCUT2D eigenvalue weighted by Crippen LogP contribution is -2.04. The van der Waals surface area contributed by atoms with Crippen LogP contribution in [-0.2, 0) is 13.0 Å². The molecule has 0 atom stereocenters. The third-order valence-electron chi connectivity index (χ3n) is 4.32. The summed E-state index contributed by atoms with van der Waals surface area (Å²) in [6, 6.07) is 16.3. The van der Waals surface area contributed by atoms with Crippen LogP contribution in [0.15, 0.2) is 60.8 Å². The molecule has 0 unspecified atom stereocenters. The number of carbonyl (C=O) groups is 1. The predicted molar refractivity (Wildman–Crippen MR) is 120 cm³/mol. The highest BCUT2D eigenvalue weighted by atomic mass is 35.5. The lowest BCUT2D eigenvalue weighted by Gasteiger charge is -2.09. The topological polar surface area (TPSA) is 39.2 Å². The minimum atomic E-state index is -0.0283. The Balaban J connectivity index is 1.63. The molecule has 0 radical (unpaired) electrons. The Hall–Kier alpha value is -2.11. The minimum absolute atomic E-state index is 0.0283. The number of pyridine rings is 1. The molecule has 0 aliphatic heterocycles. The molecular weight excluding hydrogens is 449 g/mol. The fraction of sp³-hybridized carbons (Fsp3) is 0.0909. The van der Waals surface area contributed by atoms with Gasteiger partial charge >= 0.3 is 0 Å². The largest absolute Gasteiger partial charge is 0.487 e. The molecule has 146 valence electrons. The van der Waals surface area contributed by atoms with Crippen LogP contribution in [0.2, 0.25) is 15.1 Å². The molecule has 0 aliphatic rings. The maximum atomic E-state index is 13.0. The summed E-state index contributed by atoms with van der Waals surface area (Å²) in [5, 5.41) is 2.40. The minimum Gasteiger partial charge on any atom is -0.487 e. The number of ketones is 1. The Morgan fingerprint density at radius 3 is 2.48 bits per heavy atom. The van der Waals surface area contributed by atoms with Crippen LogP contribution in [-0.4, -0.2) is 10.8 Å². The quantitative estimate of drug-likeness (QED) is 0.283. The number of Topliss-reactive ketones (excluding diaryl/α,β-unsaturated/α-hetero) is 1. The van der Waals surface area contributed by atoms with Crippen molar-refractivity contribution >= 4 is 62.1 Å². The lowest BCUT2D eigenvalue weighted by molar-refractivity contribution is 0.0993. The first-order chi connectivity index (χ1) is 14.0. The second kappa shape index (κ2) is 8.72. The van der Waals surface area contributed by atoms with Gasteiger partial charge in [0, 0.05) is 17.6 Å². The van der Waals surface area contributed by atoms with Crippen molar-refractivity contribution in [1.29, 1.82) is 0 Å². The first-order valence-electron chi connectivity index (χ1n) is 8.73. The van der Waals surface area contributed by atoms with Gasteiger partial charge in [0.25, 0.3) is 0 Å². The molecule has 7 heteroatoms. The van der Waals surface area contributed by atoms with E-state index in [4.69, 9.17) is 39.5 Å². The summed E-state index contributed by atoms with van der Waals surface area (Å²) in [7, 11) is 0. The van der Waals surface area contributed by atoms with Crippen molar-refractivity contribution < 1.29 is 9.53 Å². The third-order valence-corrected chi connectivity index (χ3v) is 6.45. The van der Waals surface area contributed by atoms with E-state index in [0.717, 1.165) is 21.3 Å². The average Bonchev–Trinajstić information content (AvgIpc) is 3.09. The van der Waals surface area contributed by atoms with Gasteiger partial charge in [0.1, 0.15) is 16.3 Å². The number of nitrogens with zero attached hydrogens (tertiary/aromatic N) is 1. The molecule has 4 rings (SSSR count). The Labute approximate surface area is 186 Å². The predicted octanol–water partition coefficient (Wildman–Crippen LogP) is 7.26. The lowest BCUT2D eigenvalue weighted by atomic mass is 10.1. The van der Waals surface area contributed by atoms with E-state index in [1.165, 1.54) is 11.3 Å². The maximum Gasteiger partial charge on any atom is 0.181 e. The number of hydrogen-bond acceptors (Lipinski definition) is 4. The molecule has 0 saturated carbocycles. The standard InChI is InChI=1S/C22H14Cl3NO2S/c23-15-6-3-13(4-7-15)11-19(27)21-20(16-2-1-9-26-22(16)29-21)28-12-14-5-8-17(24)18(25)10-14/h1-10H,11-12H2. The van der Waals surface area contributed by atoms with E-state index < -0.39 is 0 Å². The summed E-state index contributed by atoms with van der Waals surface area (Å²) >= 11 is 19.3. The van der Waals surface area contributed by atoms with Crippen molar-refractivity contribution in [1.82, 2.24) is 4.98 Å². The van der Waals surface area contributed by atoms with Crippen molar-refractivity contribution in [3.63, 3.8) is 0 Å². The van der Waals surface area contributed by atoms with Crippen LogP contribution in [0.25, 0.3) is 10.2 Å². The van der Waals surface area contributed by atoms with Crippen LogP contribution in [0.1, 0.15) is 20.8 Å². The number of benzene rings is 2. The van der Waals surface area contributed by atoms with Gasteiger partial charge in [-0.3, -0.25) is 4.79 Å². The van der Waals surface area contributed by atoms with Crippen LogP contribution in [0, 0.1) is 0 Å². The summed E-state index contributed by atoms with van der Waals surface area (Å²) in [5.74, 6) is 0.516. The molecule has 0 amide bonds. The van der Waals surface area contributed by atoms with Gasteiger partial charge in [-0.25, -0.2) is 4.98 Å². The van der Waals surface area contributed by atoms with Gasteiger partial charge in [0.2, 0.25) is 0 Å². The molecule has 2 aromatic carbocycles. The van der Waals surface area contributed by atoms with Crippen molar-refractivity contribution in [3.8, 4) is 5.75 Å². The van der Waals surface area contributed by atoms with Gasteiger partial charge in [-0.1, -0.05) is 53.0 Å². The summed E-state index contributed by atoms with van der Waals surface area (Å²) in [6.07, 6.45) is 1.96. The highest BCUT2D eigenvalue weighted by Crippen LogP contribution is 2.38. The zero-order chi connectivity index (χ0) is 20.4. The fourth-order valence-electron chi connectivity index (χ4n) is 2.89. The second-order valence-electron chi connectivity index (χ2n) is 6.38. The average molecular weight is 463 g/mol. The van der Waals surface area contributed by atoms with E-state index in [0.29, 0.717) is 25.7 Å². The van der Waals surface area contributed by atoms with Crippen molar-refractivity contribution in [2.75, 3.05) is 0 Å². The van der Waals surface area contributed by atoms with E-state index in [1.54, 1.807) is 30.5 Å². The Morgan fingerprint density at radius 2 is 1.72 bits per heavy atom. The summed E-state index contributed by atoms with van der Waals surface area (Å²) < 4.78 is 6.08. The van der Waals surface area contributed by atoms with E-state index in [-0.39, 0.29) is 18.8 Å². The van der Waals surface area contributed by atoms with Crippen molar-refractivity contribution in [2.45, 2.75) is 13.0 Å². The van der Waals surface area contributed by atoms with E-state index in [2.05, 4.69) is 4.98 Å². The number of fused-ring (bicyclic) bond motifs is 1. The highest BCUT2D eigenvalue weighted by Gasteiger charge is 2.21. The molecule has 0 N–H and O–H groups in total.